The smallest absolute Gasteiger partial charge is 0.255 e. The highest BCUT2D eigenvalue weighted by Crippen LogP contribution is 2.27. The molecule has 6 nitrogen and oxygen atoms in total. The number of amides is 2. The Morgan fingerprint density at radius 1 is 1.04 bits per heavy atom. The average Bonchev–Trinajstić information content (AvgIpc) is 2.59. The summed E-state index contributed by atoms with van der Waals surface area (Å²) in [6.45, 7) is -0.180. The number of anilines is 1. The van der Waals surface area contributed by atoms with E-state index in [1.54, 1.807) is 42.5 Å². The Balaban J connectivity index is 1.93. The van der Waals surface area contributed by atoms with Gasteiger partial charge in [-0.25, -0.2) is 0 Å². The average molecular weight is 349 g/mol. The van der Waals surface area contributed by atoms with Gasteiger partial charge in [0.2, 0.25) is 5.91 Å². The van der Waals surface area contributed by atoms with Crippen LogP contribution in [0.15, 0.2) is 42.5 Å². The molecular weight excluding hydrogens is 332 g/mol. The first-order valence-corrected chi connectivity index (χ1v) is 7.47. The quantitative estimate of drug-likeness (QED) is 0.841. The van der Waals surface area contributed by atoms with Crippen molar-refractivity contribution < 1.29 is 19.1 Å². The summed E-state index contributed by atoms with van der Waals surface area (Å²) in [4.78, 5) is 24.0. The Labute approximate surface area is 144 Å². The minimum atomic E-state index is -0.393. The van der Waals surface area contributed by atoms with Crippen molar-refractivity contribution in [1.82, 2.24) is 5.32 Å². The zero-order valence-electron chi connectivity index (χ0n) is 13.3. The number of benzene rings is 2. The zero-order chi connectivity index (χ0) is 17.5. The summed E-state index contributed by atoms with van der Waals surface area (Å²) in [5.41, 5.74) is 0.873. The van der Waals surface area contributed by atoms with E-state index in [0.717, 1.165) is 0 Å². The highest BCUT2D eigenvalue weighted by molar-refractivity contribution is 6.32. The maximum Gasteiger partial charge on any atom is 0.255 e. The Morgan fingerprint density at radius 2 is 1.75 bits per heavy atom. The van der Waals surface area contributed by atoms with E-state index in [-0.39, 0.29) is 12.5 Å². The van der Waals surface area contributed by atoms with Crippen LogP contribution < -0.4 is 20.1 Å². The number of ether oxygens (including phenoxy) is 2. The van der Waals surface area contributed by atoms with E-state index in [0.29, 0.717) is 27.8 Å². The molecule has 0 spiro atoms. The summed E-state index contributed by atoms with van der Waals surface area (Å²) in [5, 5.41) is 5.57. The van der Waals surface area contributed by atoms with Gasteiger partial charge in [-0.05, 0) is 30.3 Å². The molecule has 0 saturated heterocycles. The fraction of sp³-hybridized carbons (Fsp3) is 0.176. The predicted molar refractivity (Wildman–Crippen MR) is 92.0 cm³/mol. The van der Waals surface area contributed by atoms with E-state index in [2.05, 4.69) is 10.6 Å². The maximum absolute atomic E-state index is 12.1. The van der Waals surface area contributed by atoms with Gasteiger partial charge < -0.3 is 20.1 Å². The van der Waals surface area contributed by atoms with Crippen LogP contribution in [0, 0.1) is 0 Å². The number of carbonyl (C=O) groups is 2. The Kier molecular flexibility index (Phi) is 6.03. The van der Waals surface area contributed by atoms with Gasteiger partial charge in [0.05, 0.1) is 31.4 Å². The lowest BCUT2D eigenvalue weighted by atomic mass is 10.2. The topological polar surface area (TPSA) is 76.7 Å². The Morgan fingerprint density at radius 3 is 2.42 bits per heavy atom. The summed E-state index contributed by atoms with van der Waals surface area (Å²) >= 11 is 5.99. The van der Waals surface area contributed by atoms with Crippen molar-refractivity contribution in [3.05, 3.63) is 53.1 Å². The molecule has 2 aromatic carbocycles. The van der Waals surface area contributed by atoms with Crippen molar-refractivity contribution in [2.45, 2.75) is 0 Å². The highest BCUT2D eigenvalue weighted by Gasteiger charge is 2.13. The third kappa shape index (κ3) is 4.39. The number of halogens is 1. The standard InChI is InChI=1S/C17H17ClN2O4/c1-23-14-6-4-3-5-12(14)17(22)19-10-16(21)20-11-7-8-15(24-2)13(18)9-11/h3-9H,10H2,1-2H3,(H,19,22)(H,20,21). The highest BCUT2D eigenvalue weighted by atomic mass is 35.5. The van der Waals surface area contributed by atoms with Gasteiger partial charge in [0, 0.05) is 5.69 Å². The van der Waals surface area contributed by atoms with Crippen LogP contribution in [0.3, 0.4) is 0 Å². The number of nitrogens with one attached hydrogen (secondary N) is 2. The second-order valence-corrected chi connectivity index (χ2v) is 5.19. The minimum absolute atomic E-state index is 0.180. The van der Waals surface area contributed by atoms with Gasteiger partial charge >= 0.3 is 0 Å². The minimum Gasteiger partial charge on any atom is -0.496 e. The number of para-hydroxylation sites is 1. The van der Waals surface area contributed by atoms with Gasteiger partial charge in [-0.1, -0.05) is 23.7 Å². The van der Waals surface area contributed by atoms with Crippen LogP contribution in [0.25, 0.3) is 0 Å². The van der Waals surface area contributed by atoms with Gasteiger partial charge in [0.25, 0.3) is 5.91 Å². The van der Waals surface area contributed by atoms with Crippen molar-refractivity contribution in [2.75, 3.05) is 26.1 Å². The van der Waals surface area contributed by atoms with Crippen LogP contribution >= 0.6 is 11.6 Å². The molecule has 0 aliphatic heterocycles. The van der Waals surface area contributed by atoms with Crippen LogP contribution in [-0.2, 0) is 4.79 Å². The van der Waals surface area contributed by atoms with Crippen molar-refractivity contribution >= 4 is 29.1 Å². The fourth-order valence-corrected chi connectivity index (χ4v) is 2.30. The van der Waals surface area contributed by atoms with Crippen molar-refractivity contribution in [3.63, 3.8) is 0 Å². The van der Waals surface area contributed by atoms with Gasteiger partial charge in [0.15, 0.2) is 0 Å². The van der Waals surface area contributed by atoms with Crippen LogP contribution in [-0.4, -0.2) is 32.6 Å². The first-order valence-electron chi connectivity index (χ1n) is 7.09. The second-order valence-electron chi connectivity index (χ2n) is 4.78. The SMILES string of the molecule is COc1ccc(NC(=O)CNC(=O)c2ccccc2OC)cc1Cl. The summed E-state index contributed by atoms with van der Waals surface area (Å²) in [5.74, 6) is 0.186. The van der Waals surface area contributed by atoms with Crippen LogP contribution in [0.1, 0.15) is 10.4 Å². The third-order valence-electron chi connectivity index (χ3n) is 3.20. The zero-order valence-corrected chi connectivity index (χ0v) is 14.0. The van der Waals surface area contributed by atoms with Crippen molar-refractivity contribution in [2.24, 2.45) is 0 Å². The lowest BCUT2D eigenvalue weighted by Crippen LogP contribution is -2.33. The first kappa shape index (κ1) is 17.6. The molecule has 2 rings (SSSR count). The lowest BCUT2D eigenvalue weighted by molar-refractivity contribution is -0.115. The molecule has 0 fully saturated rings. The molecule has 0 atom stereocenters. The Hall–Kier alpha value is -2.73. The monoisotopic (exact) mass is 348 g/mol. The molecule has 0 aliphatic carbocycles. The summed E-state index contributed by atoms with van der Waals surface area (Å²) in [7, 11) is 2.99. The van der Waals surface area contributed by atoms with Crippen LogP contribution in [0.5, 0.6) is 11.5 Å². The van der Waals surface area contributed by atoms with Crippen molar-refractivity contribution in [1.29, 1.82) is 0 Å². The molecule has 2 amide bonds. The van der Waals surface area contributed by atoms with Crippen LogP contribution in [0.4, 0.5) is 5.69 Å². The van der Waals surface area contributed by atoms with Gasteiger partial charge in [-0.2, -0.15) is 0 Å². The summed E-state index contributed by atoms with van der Waals surface area (Å²) in [6.07, 6.45) is 0. The number of hydrogen-bond donors (Lipinski definition) is 2. The first-order chi connectivity index (χ1) is 11.5. The van der Waals surface area contributed by atoms with Gasteiger partial charge in [-0.3, -0.25) is 9.59 Å². The third-order valence-corrected chi connectivity index (χ3v) is 3.49. The fourth-order valence-electron chi connectivity index (χ4n) is 2.04. The molecular formula is C17H17ClN2O4. The van der Waals surface area contributed by atoms with E-state index in [1.165, 1.54) is 14.2 Å². The molecule has 0 bridgehead atoms. The molecule has 0 heterocycles. The van der Waals surface area contributed by atoms with Gasteiger partial charge in [-0.15, -0.1) is 0 Å². The molecule has 0 aromatic heterocycles. The predicted octanol–water partition coefficient (Wildman–Crippen LogP) is 2.73. The number of carbonyl (C=O) groups excluding carboxylic acids is 2. The normalized spacial score (nSPS) is 9.96. The lowest BCUT2D eigenvalue weighted by Gasteiger charge is -2.10. The molecule has 126 valence electrons. The Bertz CT molecular complexity index is 749. The summed E-state index contributed by atoms with van der Waals surface area (Å²) < 4.78 is 10.2. The van der Waals surface area contributed by atoms with Crippen LogP contribution in [0.2, 0.25) is 5.02 Å². The van der Waals surface area contributed by atoms with Crippen molar-refractivity contribution in [3.8, 4) is 11.5 Å². The second kappa shape index (κ2) is 8.21. The van der Waals surface area contributed by atoms with E-state index in [1.807, 2.05) is 0 Å². The maximum atomic E-state index is 12.1. The largest absolute Gasteiger partial charge is 0.496 e. The molecule has 0 saturated carbocycles. The summed E-state index contributed by atoms with van der Waals surface area (Å²) in [6, 6.07) is 11.6. The molecule has 0 unspecified atom stereocenters. The van der Waals surface area contributed by atoms with E-state index in [4.69, 9.17) is 21.1 Å². The van der Waals surface area contributed by atoms with E-state index < -0.39 is 5.91 Å². The molecule has 2 aromatic rings. The number of hydrogen-bond acceptors (Lipinski definition) is 4. The molecule has 2 N–H and O–H groups in total. The van der Waals surface area contributed by atoms with E-state index >= 15 is 0 Å². The molecule has 0 radical (unpaired) electrons. The number of rotatable bonds is 6. The molecule has 0 aliphatic rings. The van der Waals surface area contributed by atoms with Gasteiger partial charge in [0.1, 0.15) is 11.5 Å². The number of methoxy groups -OCH3 is 2. The molecule has 24 heavy (non-hydrogen) atoms. The van der Waals surface area contributed by atoms with E-state index in [9.17, 15) is 9.59 Å². The molecule has 7 heteroatoms.